The lowest BCUT2D eigenvalue weighted by Crippen LogP contribution is -2.22. The summed E-state index contributed by atoms with van der Waals surface area (Å²) in [7, 11) is 1.98. The number of anilines is 2. The van der Waals surface area contributed by atoms with Gasteiger partial charge in [0.05, 0.1) is 0 Å². The third-order valence-corrected chi connectivity index (χ3v) is 3.34. The minimum Gasteiger partial charge on any atom is -0.384 e. The van der Waals surface area contributed by atoms with E-state index >= 15 is 0 Å². The highest BCUT2D eigenvalue weighted by Gasteiger charge is 2.19. The Kier molecular flexibility index (Phi) is 4.37. The molecular formula is C16H21ClN4. The smallest absolute Gasteiger partial charge is 0.138 e. The number of halogens is 1. The van der Waals surface area contributed by atoms with Crippen LogP contribution in [0.3, 0.4) is 0 Å². The van der Waals surface area contributed by atoms with E-state index in [1.165, 1.54) is 0 Å². The molecule has 0 saturated heterocycles. The first-order valence-corrected chi connectivity index (χ1v) is 7.24. The number of hydrogen-bond acceptors (Lipinski definition) is 4. The van der Waals surface area contributed by atoms with Gasteiger partial charge in [-0.05, 0) is 17.7 Å². The van der Waals surface area contributed by atoms with Gasteiger partial charge in [-0.15, -0.1) is 0 Å². The van der Waals surface area contributed by atoms with Crippen molar-refractivity contribution in [2.75, 3.05) is 17.7 Å². The van der Waals surface area contributed by atoms with Crippen LogP contribution in [0.1, 0.15) is 32.2 Å². The standard InChI is InChI=1S/C16H21ClN4/c1-16(2,3)15-19-13(18)9-14(20-15)21(4)10-11-6-5-7-12(17)8-11/h5-9H,10H2,1-4H3,(H2,18,19,20). The highest BCUT2D eigenvalue weighted by atomic mass is 35.5. The van der Waals surface area contributed by atoms with Crippen molar-refractivity contribution in [1.82, 2.24) is 9.97 Å². The van der Waals surface area contributed by atoms with Crippen LogP contribution >= 0.6 is 11.6 Å². The molecule has 1 aromatic carbocycles. The Hall–Kier alpha value is -1.81. The lowest BCUT2D eigenvalue weighted by Gasteiger charge is -2.22. The third kappa shape index (κ3) is 4.08. The molecule has 5 heteroatoms. The Morgan fingerprint density at radius 2 is 1.90 bits per heavy atom. The van der Waals surface area contributed by atoms with Crippen molar-refractivity contribution in [3.63, 3.8) is 0 Å². The van der Waals surface area contributed by atoms with Gasteiger partial charge in [0.15, 0.2) is 0 Å². The van der Waals surface area contributed by atoms with Crippen LogP contribution in [0.5, 0.6) is 0 Å². The predicted molar refractivity (Wildman–Crippen MR) is 88.7 cm³/mol. The fraction of sp³-hybridized carbons (Fsp3) is 0.375. The molecule has 2 aromatic rings. The number of rotatable bonds is 3. The molecule has 0 aliphatic rings. The molecule has 2 N–H and O–H groups in total. The second kappa shape index (κ2) is 5.90. The molecule has 1 aromatic heterocycles. The highest BCUT2D eigenvalue weighted by Crippen LogP contribution is 2.23. The third-order valence-electron chi connectivity index (χ3n) is 3.10. The van der Waals surface area contributed by atoms with Gasteiger partial charge in [0, 0.05) is 30.1 Å². The molecule has 0 saturated carbocycles. The summed E-state index contributed by atoms with van der Waals surface area (Å²) in [5, 5.41) is 0.735. The van der Waals surface area contributed by atoms with Gasteiger partial charge < -0.3 is 10.6 Å². The van der Waals surface area contributed by atoms with Crippen molar-refractivity contribution in [2.45, 2.75) is 32.7 Å². The van der Waals surface area contributed by atoms with Gasteiger partial charge in [-0.1, -0.05) is 44.5 Å². The zero-order chi connectivity index (χ0) is 15.6. The van der Waals surface area contributed by atoms with Crippen molar-refractivity contribution in [2.24, 2.45) is 0 Å². The predicted octanol–water partition coefficient (Wildman–Crippen LogP) is 3.65. The monoisotopic (exact) mass is 304 g/mol. The maximum atomic E-state index is 6.02. The van der Waals surface area contributed by atoms with Crippen LogP contribution in [0.2, 0.25) is 5.02 Å². The Balaban J connectivity index is 2.27. The van der Waals surface area contributed by atoms with E-state index in [4.69, 9.17) is 17.3 Å². The van der Waals surface area contributed by atoms with Crippen molar-refractivity contribution >= 4 is 23.2 Å². The summed E-state index contributed by atoms with van der Waals surface area (Å²) >= 11 is 6.02. The van der Waals surface area contributed by atoms with Crippen molar-refractivity contribution in [3.05, 3.63) is 46.7 Å². The molecule has 0 unspecified atom stereocenters. The van der Waals surface area contributed by atoms with Crippen LogP contribution in [0.4, 0.5) is 11.6 Å². The maximum Gasteiger partial charge on any atom is 0.138 e. The highest BCUT2D eigenvalue weighted by molar-refractivity contribution is 6.30. The Morgan fingerprint density at radius 1 is 1.19 bits per heavy atom. The van der Waals surface area contributed by atoms with Gasteiger partial charge in [-0.2, -0.15) is 0 Å². The van der Waals surface area contributed by atoms with Gasteiger partial charge in [0.2, 0.25) is 0 Å². The van der Waals surface area contributed by atoms with Crippen LogP contribution < -0.4 is 10.6 Å². The summed E-state index contributed by atoms with van der Waals surface area (Å²) in [5.74, 6) is 2.05. The summed E-state index contributed by atoms with van der Waals surface area (Å²) in [4.78, 5) is 11.0. The minimum absolute atomic E-state index is 0.138. The first kappa shape index (κ1) is 15.6. The maximum absolute atomic E-state index is 6.02. The van der Waals surface area contributed by atoms with E-state index in [1.54, 1.807) is 6.07 Å². The molecule has 112 valence electrons. The van der Waals surface area contributed by atoms with Crippen LogP contribution in [0.25, 0.3) is 0 Å². The van der Waals surface area contributed by atoms with Gasteiger partial charge in [-0.3, -0.25) is 0 Å². The van der Waals surface area contributed by atoms with Crippen LogP contribution in [-0.2, 0) is 12.0 Å². The molecule has 0 aliphatic heterocycles. The average Bonchev–Trinajstić information content (AvgIpc) is 2.37. The molecule has 0 spiro atoms. The van der Waals surface area contributed by atoms with Gasteiger partial charge in [0.1, 0.15) is 17.5 Å². The molecule has 1 heterocycles. The molecule has 21 heavy (non-hydrogen) atoms. The fourth-order valence-corrected chi connectivity index (χ4v) is 2.19. The largest absolute Gasteiger partial charge is 0.384 e. The summed E-state index contributed by atoms with van der Waals surface area (Å²) in [5.41, 5.74) is 6.90. The zero-order valence-electron chi connectivity index (χ0n) is 12.9. The number of hydrogen-bond donors (Lipinski definition) is 1. The lowest BCUT2D eigenvalue weighted by molar-refractivity contribution is 0.545. The molecule has 0 radical (unpaired) electrons. The molecule has 0 aliphatic carbocycles. The molecule has 2 rings (SSSR count). The summed E-state index contributed by atoms with van der Waals surface area (Å²) in [6.45, 7) is 6.92. The Morgan fingerprint density at radius 3 is 2.52 bits per heavy atom. The fourth-order valence-electron chi connectivity index (χ4n) is 1.97. The van der Waals surface area contributed by atoms with Gasteiger partial charge in [0.25, 0.3) is 0 Å². The summed E-state index contributed by atoms with van der Waals surface area (Å²) in [6.07, 6.45) is 0. The first-order valence-electron chi connectivity index (χ1n) is 6.86. The molecular weight excluding hydrogens is 284 g/mol. The summed E-state index contributed by atoms with van der Waals surface area (Å²) in [6, 6.07) is 9.59. The van der Waals surface area contributed by atoms with E-state index in [-0.39, 0.29) is 5.41 Å². The molecule has 0 atom stereocenters. The number of nitrogens with two attached hydrogens (primary N) is 1. The van der Waals surface area contributed by atoms with E-state index in [9.17, 15) is 0 Å². The van der Waals surface area contributed by atoms with E-state index in [1.807, 2.05) is 36.2 Å². The van der Waals surface area contributed by atoms with E-state index in [0.717, 1.165) is 22.2 Å². The van der Waals surface area contributed by atoms with Crippen LogP contribution in [0, 0.1) is 0 Å². The van der Waals surface area contributed by atoms with Crippen molar-refractivity contribution < 1.29 is 0 Å². The number of nitrogen functional groups attached to an aromatic ring is 1. The van der Waals surface area contributed by atoms with Gasteiger partial charge >= 0.3 is 0 Å². The topological polar surface area (TPSA) is 55.0 Å². The summed E-state index contributed by atoms with van der Waals surface area (Å²) < 4.78 is 0. The molecule has 0 amide bonds. The second-order valence-electron chi connectivity index (χ2n) is 6.21. The number of benzene rings is 1. The van der Waals surface area contributed by atoms with E-state index in [0.29, 0.717) is 12.4 Å². The molecule has 0 fully saturated rings. The SMILES string of the molecule is CN(Cc1cccc(Cl)c1)c1cc(N)nc(C(C)(C)C)n1. The zero-order valence-corrected chi connectivity index (χ0v) is 13.6. The van der Waals surface area contributed by atoms with Gasteiger partial charge in [-0.25, -0.2) is 9.97 Å². The molecule has 0 bridgehead atoms. The lowest BCUT2D eigenvalue weighted by atomic mass is 9.96. The van der Waals surface area contributed by atoms with Crippen molar-refractivity contribution in [3.8, 4) is 0 Å². The van der Waals surface area contributed by atoms with Crippen molar-refractivity contribution in [1.29, 1.82) is 0 Å². The molecule has 4 nitrogen and oxygen atoms in total. The first-order chi connectivity index (χ1) is 9.75. The van der Waals surface area contributed by atoms with Crippen LogP contribution in [-0.4, -0.2) is 17.0 Å². The Labute approximate surface area is 131 Å². The van der Waals surface area contributed by atoms with E-state index < -0.39 is 0 Å². The number of aromatic nitrogens is 2. The normalized spacial score (nSPS) is 11.5. The van der Waals surface area contributed by atoms with E-state index in [2.05, 4.69) is 30.7 Å². The number of nitrogens with zero attached hydrogens (tertiary/aromatic N) is 3. The van der Waals surface area contributed by atoms with Crippen LogP contribution in [0.15, 0.2) is 30.3 Å². The average molecular weight is 305 g/mol. The minimum atomic E-state index is -0.138. The quantitative estimate of drug-likeness (QED) is 0.940. The second-order valence-corrected chi connectivity index (χ2v) is 6.65. The Bertz CT molecular complexity index is 634.